The van der Waals surface area contributed by atoms with Crippen LogP contribution >= 0.6 is 0 Å². The van der Waals surface area contributed by atoms with Crippen molar-refractivity contribution in [2.45, 2.75) is 13.5 Å². The molecule has 0 saturated carbocycles. The van der Waals surface area contributed by atoms with E-state index in [0.29, 0.717) is 5.56 Å². The summed E-state index contributed by atoms with van der Waals surface area (Å²) >= 11 is 0. The summed E-state index contributed by atoms with van der Waals surface area (Å²) in [6, 6.07) is 4.45. The number of hydrogen-bond acceptors (Lipinski definition) is 2. The zero-order chi connectivity index (χ0) is 9.84. The Kier molecular flexibility index (Phi) is 3.25. The average Bonchev–Trinajstić information content (AvgIpc) is 2.16. The predicted octanol–water partition coefficient (Wildman–Crippen LogP) is 1.77. The number of hydrogen-bond donors (Lipinski definition) is 1. The van der Waals surface area contributed by atoms with E-state index in [-0.39, 0.29) is 12.4 Å². The van der Waals surface area contributed by atoms with Gasteiger partial charge in [-0.1, -0.05) is 0 Å². The van der Waals surface area contributed by atoms with Crippen molar-refractivity contribution in [3.05, 3.63) is 29.6 Å². The lowest BCUT2D eigenvalue weighted by molar-refractivity contribution is 0.281. The quantitative estimate of drug-likeness (QED) is 0.772. The minimum absolute atomic E-state index is 0.128. The third kappa shape index (κ3) is 2.18. The van der Waals surface area contributed by atoms with Crippen molar-refractivity contribution in [1.29, 1.82) is 0 Å². The fourth-order valence-corrected chi connectivity index (χ4v) is 1.22. The first-order valence-corrected chi connectivity index (χ1v) is 4.29. The molecule has 1 N–H and O–H groups in total. The summed E-state index contributed by atoms with van der Waals surface area (Å²) in [5, 5.41) is 8.99. The van der Waals surface area contributed by atoms with E-state index < -0.39 is 0 Å². The number of rotatable bonds is 3. The number of nitrogens with zero attached hydrogens (tertiary/aromatic N) is 1. The fourth-order valence-electron chi connectivity index (χ4n) is 1.22. The number of aliphatic hydroxyl groups is 1. The standard InChI is InChI=1S/C10H14FNO/c1-3-12(2)10-5-4-9(11)6-8(10)7-13/h4-6,13H,3,7H2,1-2H3. The van der Waals surface area contributed by atoms with Crippen molar-refractivity contribution in [2.24, 2.45) is 0 Å². The normalized spacial score (nSPS) is 10.2. The highest BCUT2D eigenvalue weighted by molar-refractivity contribution is 5.52. The van der Waals surface area contributed by atoms with Gasteiger partial charge in [-0.3, -0.25) is 0 Å². The zero-order valence-corrected chi connectivity index (χ0v) is 7.92. The summed E-state index contributed by atoms with van der Waals surface area (Å²) in [6.45, 7) is 2.71. The molecule has 0 aliphatic heterocycles. The van der Waals surface area contributed by atoms with Crippen LogP contribution in [-0.2, 0) is 6.61 Å². The van der Waals surface area contributed by atoms with Gasteiger partial charge in [0, 0.05) is 24.8 Å². The summed E-state index contributed by atoms with van der Waals surface area (Å²) < 4.78 is 12.8. The highest BCUT2D eigenvalue weighted by Crippen LogP contribution is 2.20. The summed E-state index contributed by atoms with van der Waals surface area (Å²) in [4.78, 5) is 1.96. The number of halogens is 1. The summed E-state index contributed by atoms with van der Waals surface area (Å²) in [6.07, 6.45) is 0. The van der Waals surface area contributed by atoms with Crippen molar-refractivity contribution < 1.29 is 9.50 Å². The second-order valence-electron chi connectivity index (χ2n) is 2.95. The van der Waals surface area contributed by atoms with Crippen LogP contribution in [0.4, 0.5) is 10.1 Å². The van der Waals surface area contributed by atoms with Crippen LogP contribution in [0, 0.1) is 5.82 Å². The van der Waals surface area contributed by atoms with Gasteiger partial charge < -0.3 is 10.0 Å². The molecule has 0 heterocycles. The maximum absolute atomic E-state index is 12.8. The van der Waals surface area contributed by atoms with E-state index in [1.165, 1.54) is 12.1 Å². The van der Waals surface area contributed by atoms with Crippen LogP contribution in [0.15, 0.2) is 18.2 Å². The van der Waals surface area contributed by atoms with Crippen LogP contribution < -0.4 is 4.90 Å². The molecule has 0 aliphatic carbocycles. The monoisotopic (exact) mass is 183 g/mol. The molecule has 0 amide bonds. The van der Waals surface area contributed by atoms with E-state index in [1.54, 1.807) is 6.07 Å². The molecule has 13 heavy (non-hydrogen) atoms. The third-order valence-electron chi connectivity index (χ3n) is 2.10. The van der Waals surface area contributed by atoms with Crippen molar-refractivity contribution in [3.8, 4) is 0 Å². The van der Waals surface area contributed by atoms with E-state index in [1.807, 2.05) is 18.9 Å². The van der Waals surface area contributed by atoms with Crippen LogP contribution in [0.5, 0.6) is 0 Å². The molecular formula is C10H14FNO. The Morgan fingerprint density at radius 1 is 1.46 bits per heavy atom. The molecule has 72 valence electrons. The van der Waals surface area contributed by atoms with Gasteiger partial charge in [-0.05, 0) is 25.1 Å². The first kappa shape index (κ1) is 9.99. The van der Waals surface area contributed by atoms with Gasteiger partial charge in [0.25, 0.3) is 0 Å². The molecule has 0 fully saturated rings. The van der Waals surface area contributed by atoms with Gasteiger partial charge in [0.2, 0.25) is 0 Å². The lowest BCUT2D eigenvalue weighted by Gasteiger charge is -2.19. The topological polar surface area (TPSA) is 23.5 Å². The Labute approximate surface area is 77.6 Å². The second kappa shape index (κ2) is 4.23. The Hall–Kier alpha value is -1.09. The van der Waals surface area contributed by atoms with Gasteiger partial charge in [-0.15, -0.1) is 0 Å². The number of anilines is 1. The van der Waals surface area contributed by atoms with Crippen LogP contribution in [0.3, 0.4) is 0 Å². The van der Waals surface area contributed by atoms with Crippen molar-refractivity contribution in [3.63, 3.8) is 0 Å². The van der Waals surface area contributed by atoms with Gasteiger partial charge in [0.1, 0.15) is 5.82 Å². The van der Waals surface area contributed by atoms with Gasteiger partial charge in [0.15, 0.2) is 0 Å². The molecular weight excluding hydrogens is 169 g/mol. The van der Waals surface area contributed by atoms with Gasteiger partial charge >= 0.3 is 0 Å². The average molecular weight is 183 g/mol. The van der Waals surface area contributed by atoms with Crippen LogP contribution in [-0.4, -0.2) is 18.7 Å². The van der Waals surface area contributed by atoms with E-state index in [0.717, 1.165) is 12.2 Å². The Morgan fingerprint density at radius 2 is 2.15 bits per heavy atom. The lowest BCUT2D eigenvalue weighted by atomic mass is 10.1. The molecule has 2 nitrogen and oxygen atoms in total. The molecule has 1 rings (SSSR count). The van der Waals surface area contributed by atoms with Gasteiger partial charge in [0.05, 0.1) is 6.61 Å². The van der Waals surface area contributed by atoms with Crippen molar-refractivity contribution in [2.75, 3.05) is 18.5 Å². The minimum atomic E-state index is -0.308. The molecule has 0 aromatic heterocycles. The number of benzene rings is 1. The maximum atomic E-state index is 12.8. The molecule has 0 unspecified atom stereocenters. The molecule has 1 aromatic carbocycles. The molecule has 0 radical (unpaired) electrons. The molecule has 0 aliphatic rings. The molecule has 0 spiro atoms. The SMILES string of the molecule is CCN(C)c1ccc(F)cc1CO. The third-order valence-corrected chi connectivity index (χ3v) is 2.10. The van der Waals surface area contributed by atoms with Crippen LogP contribution in [0.1, 0.15) is 12.5 Å². The Balaban J connectivity index is 3.05. The largest absolute Gasteiger partial charge is 0.392 e. The van der Waals surface area contributed by atoms with E-state index in [4.69, 9.17) is 5.11 Å². The summed E-state index contributed by atoms with van der Waals surface area (Å²) in [5.74, 6) is -0.308. The lowest BCUT2D eigenvalue weighted by Crippen LogP contribution is -2.17. The Bertz CT molecular complexity index is 288. The molecule has 0 atom stereocenters. The van der Waals surface area contributed by atoms with E-state index in [9.17, 15) is 4.39 Å². The smallest absolute Gasteiger partial charge is 0.123 e. The molecule has 0 bridgehead atoms. The first-order chi connectivity index (χ1) is 6.19. The first-order valence-electron chi connectivity index (χ1n) is 4.29. The zero-order valence-electron chi connectivity index (χ0n) is 7.92. The van der Waals surface area contributed by atoms with Crippen molar-refractivity contribution >= 4 is 5.69 Å². The second-order valence-corrected chi connectivity index (χ2v) is 2.95. The van der Waals surface area contributed by atoms with E-state index in [2.05, 4.69) is 0 Å². The Morgan fingerprint density at radius 3 is 2.69 bits per heavy atom. The van der Waals surface area contributed by atoms with E-state index >= 15 is 0 Å². The molecule has 0 saturated heterocycles. The highest BCUT2D eigenvalue weighted by atomic mass is 19.1. The highest BCUT2D eigenvalue weighted by Gasteiger charge is 2.05. The predicted molar refractivity (Wildman–Crippen MR) is 51.3 cm³/mol. The molecule has 1 aromatic rings. The summed E-state index contributed by atoms with van der Waals surface area (Å²) in [5.41, 5.74) is 1.51. The summed E-state index contributed by atoms with van der Waals surface area (Å²) in [7, 11) is 1.91. The van der Waals surface area contributed by atoms with Crippen molar-refractivity contribution in [1.82, 2.24) is 0 Å². The maximum Gasteiger partial charge on any atom is 0.123 e. The molecule has 3 heteroatoms. The van der Waals surface area contributed by atoms with Crippen LogP contribution in [0.25, 0.3) is 0 Å². The van der Waals surface area contributed by atoms with Crippen LogP contribution in [0.2, 0.25) is 0 Å². The van der Waals surface area contributed by atoms with Gasteiger partial charge in [-0.2, -0.15) is 0 Å². The van der Waals surface area contributed by atoms with Gasteiger partial charge in [-0.25, -0.2) is 4.39 Å². The number of aliphatic hydroxyl groups excluding tert-OH is 1. The fraction of sp³-hybridized carbons (Fsp3) is 0.400. The minimum Gasteiger partial charge on any atom is -0.392 e.